The summed E-state index contributed by atoms with van der Waals surface area (Å²) in [6.07, 6.45) is 1.07. The van der Waals surface area contributed by atoms with E-state index in [0.717, 1.165) is 16.5 Å². The molecule has 0 aliphatic rings. The van der Waals surface area contributed by atoms with Crippen LogP contribution < -0.4 is 5.73 Å². The van der Waals surface area contributed by atoms with E-state index in [4.69, 9.17) is 5.73 Å². The number of rotatable bonds is 3. The Kier molecular flexibility index (Phi) is 3.41. The van der Waals surface area contributed by atoms with Crippen molar-refractivity contribution in [1.29, 1.82) is 0 Å². The summed E-state index contributed by atoms with van der Waals surface area (Å²) >= 11 is 0. The van der Waals surface area contributed by atoms with Crippen LogP contribution in [-0.2, 0) is 0 Å². The van der Waals surface area contributed by atoms with Gasteiger partial charge in [0.05, 0.1) is 11.6 Å². The van der Waals surface area contributed by atoms with Gasteiger partial charge in [0.1, 0.15) is 0 Å². The lowest BCUT2D eigenvalue weighted by Gasteiger charge is -2.23. The number of hydrogen-bond donors (Lipinski definition) is 2. The number of nitrogens with two attached hydrogens (primary N) is 1. The maximum absolute atomic E-state index is 10.3. The number of pyridine rings is 1. The monoisotopic (exact) mass is 230 g/mol. The molecule has 0 radical (unpaired) electrons. The van der Waals surface area contributed by atoms with Crippen LogP contribution in [0.5, 0.6) is 0 Å². The maximum atomic E-state index is 10.3. The summed E-state index contributed by atoms with van der Waals surface area (Å²) in [6.45, 7) is 4.02. The molecule has 1 aromatic carbocycles. The summed E-state index contributed by atoms with van der Waals surface area (Å²) in [7, 11) is 0. The number of hydrogen-bond acceptors (Lipinski definition) is 3. The van der Waals surface area contributed by atoms with Crippen molar-refractivity contribution in [2.24, 2.45) is 11.7 Å². The van der Waals surface area contributed by atoms with Crippen LogP contribution in [0.3, 0.4) is 0 Å². The van der Waals surface area contributed by atoms with Gasteiger partial charge in [0.2, 0.25) is 0 Å². The minimum absolute atomic E-state index is 0.233. The number of aliphatic hydroxyl groups excluding tert-OH is 1. The lowest BCUT2D eigenvalue weighted by Crippen LogP contribution is -2.33. The first-order valence-corrected chi connectivity index (χ1v) is 5.88. The molecular formula is C14H18N2O. The Bertz CT molecular complexity index is 505. The summed E-state index contributed by atoms with van der Waals surface area (Å²) in [5.74, 6) is 0.233. The first-order valence-electron chi connectivity index (χ1n) is 5.88. The van der Waals surface area contributed by atoms with Gasteiger partial charge in [0.25, 0.3) is 0 Å². The fourth-order valence-electron chi connectivity index (χ4n) is 1.95. The zero-order valence-corrected chi connectivity index (χ0v) is 10.2. The smallest absolute Gasteiger partial charge is 0.0950 e. The molecule has 2 unspecified atom stereocenters. The van der Waals surface area contributed by atoms with Gasteiger partial charge in [-0.1, -0.05) is 32.0 Å². The molecule has 0 aliphatic heterocycles. The average molecular weight is 230 g/mol. The van der Waals surface area contributed by atoms with Gasteiger partial charge in [-0.15, -0.1) is 0 Å². The molecule has 3 N–H and O–H groups in total. The summed E-state index contributed by atoms with van der Waals surface area (Å²) < 4.78 is 0. The molecule has 1 aromatic heterocycles. The Morgan fingerprint density at radius 1 is 1.18 bits per heavy atom. The molecule has 0 saturated carbocycles. The highest BCUT2D eigenvalue weighted by Gasteiger charge is 2.21. The molecule has 2 aromatic rings. The zero-order valence-electron chi connectivity index (χ0n) is 10.2. The summed E-state index contributed by atoms with van der Waals surface area (Å²) in [5.41, 5.74) is 7.76. The van der Waals surface area contributed by atoms with Crippen LogP contribution in [0.2, 0.25) is 0 Å². The van der Waals surface area contributed by atoms with Crippen molar-refractivity contribution in [2.75, 3.05) is 0 Å². The zero-order chi connectivity index (χ0) is 12.4. The second kappa shape index (κ2) is 4.82. The third kappa shape index (κ3) is 2.30. The van der Waals surface area contributed by atoms with Gasteiger partial charge in [-0.05, 0) is 23.6 Å². The molecule has 3 nitrogen and oxygen atoms in total. The fraction of sp³-hybridized carbons (Fsp3) is 0.357. The number of nitrogens with zero attached hydrogens (tertiary/aromatic N) is 1. The van der Waals surface area contributed by atoms with E-state index in [2.05, 4.69) is 4.98 Å². The molecule has 2 atom stereocenters. The van der Waals surface area contributed by atoms with Crippen molar-refractivity contribution < 1.29 is 5.11 Å². The number of aliphatic hydroxyl groups is 1. The van der Waals surface area contributed by atoms with Gasteiger partial charge >= 0.3 is 0 Å². The molecule has 0 fully saturated rings. The third-order valence-electron chi connectivity index (χ3n) is 3.14. The van der Waals surface area contributed by atoms with E-state index in [-0.39, 0.29) is 12.0 Å². The lowest BCUT2D eigenvalue weighted by atomic mass is 9.92. The first-order chi connectivity index (χ1) is 8.11. The fourth-order valence-corrected chi connectivity index (χ4v) is 1.95. The van der Waals surface area contributed by atoms with Gasteiger partial charge in [0.15, 0.2) is 0 Å². The quantitative estimate of drug-likeness (QED) is 0.850. The predicted octanol–water partition coefficient (Wildman–Crippen LogP) is 2.25. The van der Waals surface area contributed by atoms with Crippen molar-refractivity contribution in [3.63, 3.8) is 0 Å². The number of fused-ring (bicyclic) bond motifs is 1. The van der Waals surface area contributed by atoms with Gasteiger partial charge in [-0.25, -0.2) is 0 Å². The predicted molar refractivity (Wildman–Crippen MR) is 69.5 cm³/mol. The second-order valence-corrected chi connectivity index (χ2v) is 4.68. The molecule has 1 heterocycles. The van der Waals surface area contributed by atoms with E-state index in [9.17, 15) is 5.11 Å². The van der Waals surface area contributed by atoms with Crippen LogP contribution in [0.4, 0.5) is 0 Å². The standard InChI is InChI=1S/C14H18N2O/c1-9(2)13(15)14(17)11-7-8-16-12-6-4-3-5-10(11)12/h3-9,13-14,17H,15H2,1-2H3. The summed E-state index contributed by atoms with van der Waals surface area (Å²) in [6, 6.07) is 9.37. The molecule has 2 rings (SSSR count). The molecule has 0 saturated heterocycles. The van der Waals surface area contributed by atoms with Gasteiger partial charge in [0, 0.05) is 17.6 Å². The van der Waals surface area contributed by atoms with E-state index in [1.807, 2.05) is 44.2 Å². The molecule has 0 amide bonds. The van der Waals surface area contributed by atoms with Crippen molar-refractivity contribution in [3.05, 3.63) is 42.1 Å². The van der Waals surface area contributed by atoms with Crippen LogP contribution in [0.1, 0.15) is 25.5 Å². The highest BCUT2D eigenvalue weighted by atomic mass is 16.3. The normalized spacial score (nSPS) is 15.1. The average Bonchev–Trinajstić information content (AvgIpc) is 2.36. The molecular weight excluding hydrogens is 212 g/mol. The van der Waals surface area contributed by atoms with E-state index >= 15 is 0 Å². The van der Waals surface area contributed by atoms with Crippen LogP contribution in [-0.4, -0.2) is 16.1 Å². The SMILES string of the molecule is CC(C)C(N)C(O)c1ccnc2ccccc12. The van der Waals surface area contributed by atoms with Crippen molar-refractivity contribution in [2.45, 2.75) is 26.0 Å². The second-order valence-electron chi connectivity index (χ2n) is 4.68. The summed E-state index contributed by atoms with van der Waals surface area (Å²) in [4.78, 5) is 4.28. The third-order valence-corrected chi connectivity index (χ3v) is 3.14. The van der Waals surface area contributed by atoms with Gasteiger partial charge in [-0.3, -0.25) is 4.98 Å². The van der Waals surface area contributed by atoms with Crippen LogP contribution in [0, 0.1) is 5.92 Å². The van der Waals surface area contributed by atoms with Crippen LogP contribution in [0.25, 0.3) is 10.9 Å². The molecule has 0 spiro atoms. The van der Waals surface area contributed by atoms with Gasteiger partial charge < -0.3 is 10.8 Å². The van der Waals surface area contributed by atoms with E-state index < -0.39 is 6.10 Å². The van der Waals surface area contributed by atoms with Crippen LogP contribution in [0.15, 0.2) is 36.5 Å². The van der Waals surface area contributed by atoms with Crippen molar-refractivity contribution in [3.8, 4) is 0 Å². The Hall–Kier alpha value is -1.45. The largest absolute Gasteiger partial charge is 0.387 e. The number of benzene rings is 1. The Morgan fingerprint density at radius 3 is 2.59 bits per heavy atom. The van der Waals surface area contributed by atoms with Crippen molar-refractivity contribution >= 4 is 10.9 Å². The van der Waals surface area contributed by atoms with E-state index in [1.54, 1.807) is 6.20 Å². The minimum Gasteiger partial charge on any atom is -0.387 e. The Balaban J connectivity index is 2.48. The number of para-hydroxylation sites is 1. The van der Waals surface area contributed by atoms with Gasteiger partial charge in [-0.2, -0.15) is 0 Å². The van der Waals surface area contributed by atoms with Crippen molar-refractivity contribution in [1.82, 2.24) is 4.98 Å². The molecule has 90 valence electrons. The molecule has 3 heteroatoms. The molecule has 0 bridgehead atoms. The topological polar surface area (TPSA) is 59.1 Å². The highest BCUT2D eigenvalue weighted by molar-refractivity contribution is 5.82. The Morgan fingerprint density at radius 2 is 1.88 bits per heavy atom. The minimum atomic E-state index is -0.650. The molecule has 0 aliphatic carbocycles. The molecule has 17 heavy (non-hydrogen) atoms. The lowest BCUT2D eigenvalue weighted by molar-refractivity contribution is 0.127. The van der Waals surface area contributed by atoms with E-state index in [0.29, 0.717) is 0 Å². The highest BCUT2D eigenvalue weighted by Crippen LogP contribution is 2.26. The Labute approximate surface area is 101 Å². The number of aromatic nitrogens is 1. The van der Waals surface area contributed by atoms with E-state index in [1.165, 1.54) is 0 Å². The first kappa shape index (κ1) is 12.0. The maximum Gasteiger partial charge on any atom is 0.0950 e. The van der Waals surface area contributed by atoms with Crippen LogP contribution >= 0.6 is 0 Å². The summed E-state index contributed by atoms with van der Waals surface area (Å²) in [5, 5.41) is 11.3.